The van der Waals surface area contributed by atoms with Gasteiger partial charge in [0.15, 0.2) is 0 Å². The first-order chi connectivity index (χ1) is 9.96. The molecular formula is C23H30. The number of allylic oxidation sites excluding steroid dienone is 2. The highest BCUT2D eigenvalue weighted by Crippen LogP contribution is 2.50. The minimum Gasteiger partial charge on any atom is -0.0991 e. The molecule has 23 heavy (non-hydrogen) atoms. The van der Waals surface area contributed by atoms with Crippen LogP contribution in [-0.4, -0.2) is 0 Å². The SMILES string of the molecule is C.C.C=C/C=C\c1c(C)ccc2c1-c1ccc(C)cc1C2(C)C. The fourth-order valence-corrected chi connectivity index (χ4v) is 3.45. The lowest BCUT2D eigenvalue weighted by Crippen LogP contribution is -2.15. The predicted molar refractivity (Wildman–Crippen MR) is 106 cm³/mol. The van der Waals surface area contributed by atoms with Crippen molar-refractivity contribution in [1.82, 2.24) is 0 Å². The van der Waals surface area contributed by atoms with Gasteiger partial charge in [-0.1, -0.05) is 89.4 Å². The van der Waals surface area contributed by atoms with E-state index in [2.05, 4.69) is 70.7 Å². The minimum absolute atomic E-state index is 0. The molecule has 0 heterocycles. The number of aryl methyl sites for hydroxylation is 2. The topological polar surface area (TPSA) is 0 Å². The van der Waals surface area contributed by atoms with Crippen LogP contribution >= 0.6 is 0 Å². The average Bonchev–Trinajstić information content (AvgIpc) is 2.66. The summed E-state index contributed by atoms with van der Waals surface area (Å²) in [6, 6.07) is 11.4. The monoisotopic (exact) mass is 306 g/mol. The molecule has 0 saturated carbocycles. The predicted octanol–water partition coefficient (Wildman–Crippen LogP) is 7.08. The summed E-state index contributed by atoms with van der Waals surface area (Å²) in [5, 5.41) is 0. The molecule has 0 bridgehead atoms. The van der Waals surface area contributed by atoms with Crippen LogP contribution in [0.5, 0.6) is 0 Å². The molecule has 1 aliphatic carbocycles. The molecule has 0 nitrogen and oxygen atoms in total. The van der Waals surface area contributed by atoms with Crippen LogP contribution in [0.15, 0.2) is 49.1 Å². The molecule has 0 amide bonds. The summed E-state index contributed by atoms with van der Waals surface area (Å²) >= 11 is 0. The van der Waals surface area contributed by atoms with E-state index in [0.29, 0.717) is 0 Å². The summed E-state index contributed by atoms with van der Waals surface area (Å²) in [5.74, 6) is 0. The van der Waals surface area contributed by atoms with Crippen LogP contribution in [0.4, 0.5) is 0 Å². The van der Waals surface area contributed by atoms with E-state index in [-0.39, 0.29) is 20.3 Å². The van der Waals surface area contributed by atoms with Crippen molar-refractivity contribution in [2.24, 2.45) is 0 Å². The van der Waals surface area contributed by atoms with E-state index in [1.807, 2.05) is 12.2 Å². The average molecular weight is 306 g/mol. The lowest BCUT2D eigenvalue weighted by atomic mass is 9.81. The van der Waals surface area contributed by atoms with Gasteiger partial charge >= 0.3 is 0 Å². The van der Waals surface area contributed by atoms with Crippen molar-refractivity contribution >= 4 is 6.08 Å². The third-order valence-corrected chi connectivity index (χ3v) is 4.65. The molecule has 0 N–H and O–H groups in total. The highest BCUT2D eigenvalue weighted by molar-refractivity contribution is 5.88. The number of hydrogen-bond donors (Lipinski definition) is 0. The highest BCUT2D eigenvalue weighted by atomic mass is 14.4. The number of rotatable bonds is 2. The van der Waals surface area contributed by atoms with Crippen molar-refractivity contribution in [2.45, 2.75) is 48.0 Å². The van der Waals surface area contributed by atoms with Crippen LogP contribution in [0.25, 0.3) is 17.2 Å². The second kappa shape index (κ2) is 6.58. The normalized spacial score (nSPS) is 13.7. The van der Waals surface area contributed by atoms with Crippen molar-refractivity contribution in [2.75, 3.05) is 0 Å². The Labute approximate surface area is 142 Å². The third kappa shape index (κ3) is 2.79. The lowest BCUT2D eigenvalue weighted by Gasteiger charge is -2.22. The number of benzene rings is 2. The summed E-state index contributed by atoms with van der Waals surface area (Å²) in [6.07, 6.45) is 6.06. The Kier molecular flexibility index (Phi) is 5.43. The zero-order chi connectivity index (χ0) is 15.2. The van der Waals surface area contributed by atoms with Gasteiger partial charge in [-0.3, -0.25) is 0 Å². The Hall–Kier alpha value is -2.08. The van der Waals surface area contributed by atoms with E-state index < -0.39 is 0 Å². The Morgan fingerprint density at radius 1 is 0.957 bits per heavy atom. The van der Waals surface area contributed by atoms with Gasteiger partial charge in [-0.15, -0.1) is 0 Å². The van der Waals surface area contributed by atoms with Gasteiger partial charge in [-0.05, 0) is 47.2 Å². The molecule has 0 aliphatic heterocycles. The molecule has 0 heteroatoms. The van der Waals surface area contributed by atoms with Crippen LogP contribution < -0.4 is 0 Å². The smallest absolute Gasteiger partial charge is 0.0159 e. The quantitative estimate of drug-likeness (QED) is 0.520. The summed E-state index contributed by atoms with van der Waals surface area (Å²) < 4.78 is 0. The zero-order valence-corrected chi connectivity index (χ0v) is 13.3. The molecule has 0 unspecified atom stereocenters. The third-order valence-electron chi connectivity index (χ3n) is 4.65. The molecule has 0 radical (unpaired) electrons. The standard InChI is InChI=1S/C21H22.2CH4/c1-6-7-8-16-15(3)10-12-18-20(16)17-11-9-14(2)13-19(17)21(18,4)5;;/h6-13H,1H2,2-5H3;2*1H4/b8-7-;;. The summed E-state index contributed by atoms with van der Waals surface area (Å²) in [5.41, 5.74) is 9.69. The fourth-order valence-electron chi connectivity index (χ4n) is 3.45. The van der Waals surface area contributed by atoms with Crippen LogP contribution in [0.3, 0.4) is 0 Å². The van der Waals surface area contributed by atoms with Gasteiger partial charge in [0.1, 0.15) is 0 Å². The van der Waals surface area contributed by atoms with Gasteiger partial charge in [0.05, 0.1) is 0 Å². The molecule has 2 aromatic carbocycles. The van der Waals surface area contributed by atoms with Crippen molar-refractivity contribution in [3.05, 3.63) is 76.9 Å². The van der Waals surface area contributed by atoms with E-state index >= 15 is 0 Å². The van der Waals surface area contributed by atoms with E-state index in [9.17, 15) is 0 Å². The van der Waals surface area contributed by atoms with E-state index in [1.165, 1.54) is 38.9 Å². The van der Waals surface area contributed by atoms with Crippen LogP contribution in [0.2, 0.25) is 0 Å². The molecule has 1 aliphatic rings. The van der Waals surface area contributed by atoms with Gasteiger partial charge in [0.2, 0.25) is 0 Å². The first kappa shape index (κ1) is 19.0. The summed E-state index contributed by atoms with van der Waals surface area (Å²) in [4.78, 5) is 0. The Bertz CT molecular complexity index is 758. The summed E-state index contributed by atoms with van der Waals surface area (Å²) in [7, 11) is 0. The molecule has 0 spiro atoms. The van der Waals surface area contributed by atoms with Crippen molar-refractivity contribution in [3.63, 3.8) is 0 Å². The first-order valence-electron chi connectivity index (χ1n) is 7.51. The van der Waals surface area contributed by atoms with Crippen molar-refractivity contribution in [1.29, 1.82) is 0 Å². The Morgan fingerprint density at radius 2 is 1.65 bits per heavy atom. The van der Waals surface area contributed by atoms with Crippen LogP contribution in [-0.2, 0) is 5.41 Å². The van der Waals surface area contributed by atoms with Crippen molar-refractivity contribution in [3.8, 4) is 11.1 Å². The molecule has 0 saturated heterocycles. The van der Waals surface area contributed by atoms with Gasteiger partial charge in [0, 0.05) is 5.41 Å². The molecule has 0 atom stereocenters. The van der Waals surface area contributed by atoms with E-state index in [0.717, 1.165) is 0 Å². The van der Waals surface area contributed by atoms with Gasteiger partial charge in [-0.2, -0.15) is 0 Å². The van der Waals surface area contributed by atoms with Crippen LogP contribution in [0.1, 0.15) is 56.5 Å². The Balaban J connectivity index is 0.00000132. The second-order valence-electron chi connectivity index (χ2n) is 6.49. The van der Waals surface area contributed by atoms with Crippen LogP contribution in [0, 0.1) is 13.8 Å². The number of hydrogen-bond acceptors (Lipinski definition) is 0. The zero-order valence-electron chi connectivity index (χ0n) is 13.3. The number of fused-ring (bicyclic) bond motifs is 3. The van der Waals surface area contributed by atoms with E-state index in [4.69, 9.17) is 0 Å². The summed E-state index contributed by atoms with van der Waals surface area (Å²) in [6.45, 7) is 12.8. The molecular weight excluding hydrogens is 276 g/mol. The molecule has 0 aromatic heterocycles. The second-order valence-corrected chi connectivity index (χ2v) is 6.49. The maximum Gasteiger partial charge on any atom is 0.0159 e. The van der Waals surface area contributed by atoms with Gasteiger partial charge < -0.3 is 0 Å². The van der Waals surface area contributed by atoms with Crippen molar-refractivity contribution < 1.29 is 0 Å². The first-order valence-corrected chi connectivity index (χ1v) is 7.51. The minimum atomic E-state index is 0. The van der Waals surface area contributed by atoms with Gasteiger partial charge in [-0.25, -0.2) is 0 Å². The molecule has 122 valence electrons. The maximum atomic E-state index is 3.80. The fraction of sp³-hybridized carbons (Fsp3) is 0.304. The lowest BCUT2D eigenvalue weighted by molar-refractivity contribution is 0.659. The molecule has 0 fully saturated rings. The van der Waals surface area contributed by atoms with E-state index in [1.54, 1.807) is 0 Å². The Morgan fingerprint density at radius 3 is 2.30 bits per heavy atom. The van der Waals surface area contributed by atoms with Gasteiger partial charge in [0.25, 0.3) is 0 Å². The maximum absolute atomic E-state index is 3.80. The molecule has 2 aromatic rings. The molecule has 3 rings (SSSR count). The highest BCUT2D eigenvalue weighted by Gasteiger charge is 2.36. The largest absolute Gasteiger partial charge is 0.0991 e.